The van der Waals surface area contributed by atoms with Crippen molar-refractivity contribution < 1.29 is 14.6 Å². The van der Waals surface area contributed by atoms with Crippen molar-refractivity contribution in [3.05, 3.63) is 16.2 Å². The van der Waals surface area contributed by atoms with Gasteiger partial charge in [0.15, 0.2) is 5.82 Å². The molecule has 0 spiro atoms. The summed E-state index contributed by atoms with van der Waals surface area (Å²) in [5.41, 5.74) is 4.93. The number of hydrogen-bond acceptors (Lipinski definition) is 5. The van der Waals surface area contributed by atoms with E-state index in [4.69, 9.17) is 15.6 Å². The summed E-state index contributed by atoms with van der Waals surface area (Å²) in [4.78, 5) is 27.7. The second kappa shape index (κ2) is 4.45. The van der Waals surface area contributed by atoms with Crippen LogP contribution in [0.3, 0.4) is 0 Å². The number of nitrogens with one attached hydrogen (secondary N) is 1. The first-order valence-corrected chi connectivity index (χ1v) is 4.21. The lowest BCUT2D eigenvalue weighted by atomic mass is 10.4. The Bertz CT molecular complexity index is 426. The molecule has 0 aliphatic rings. The molecule has 0 saturated carbocycles. The number of ether oxygens (including phenoxy) is 1. The Labute approximate surface area is 84.9 Å². The smallest absolute Gasteiger partial charge is 0.306 e. The number of aromatic nitrogens is 2. The maximum absolute atomic E-state index is 11.3. The molecule has 0 saturated heterocycles. The number of H-pyrrole nitrogens is 1. The zero-order valence-corrected chi connectivity index (χ0v) is 8.11. The average molecular weight is 213 g/mol. The Kier molecular flexibility index (Phi) is 3.27. The van der Waals surface area contributed by atoms with Crippen molar-refractivity contribution in [3.63, 3.8) is 0 Å². The number of carboxylic acid groups (broad SMARTS) is 1. The molecule has 0 unspecified atom stereocenters. The van der Waals surface area contributed by atoms with E-state index < -0.39 is 11.5 Å². The number of nitrogens with zero attached hydrogens (tertiary/aromatic N) is 1. The molecule has 82 valence electrons. The minimum Gasteiger partial charge on any atom is -0.485 e. The molecule has 0 aromatic carbocycles. The molecular formula is C8H11N3O4. The van der Waals surface area contributed by atoms with E-state index in [0.717, 1.165) is 0 Å². The van der Waals surface area contributed by atoms with E-state index in [-0.39, 0.29) is 24.6 Å². The van der Waals surface area contributed by atoms with E-state index in [2.05, 4.69) is 9.97 Å². The summed E-state index contributed by atoms with van der Waals surface area (Å²) >= 11 is 0. The van der Waals surface area contributed by atoms with Gasteiger partial charge in [-0.3, -0.25) is 9.59 Å². The first kappa shape index (κ1) is 11.0. The molecule has 1 rings (SSSR count). The average Bonchev–Trinajstić information content (AvgIpc) is 2.08. The van der Waals surface area contributed by atoms with Crippen LogP contribution >= 0.6 is 0 Å². The number of aryl methyl sites for hydroxylation is 1. The van der Waals surface area contributed by atoms with Crippen molar-refractivity contribution in [3.8, 4) is 5.75 Å². The van der Waals surface area contributed by atoms with Crippen LogP contribution in [-0.2, 0) is 4.79 Å². The number of aliphatic carboxylic acids is 1. The van der Waals surface area contributed by atoms with Gasteiger partial charge >= 0.3 is 5.97 Å². The van der Waals surface area contributed by atoms with Crippen LogP contribution in [0.4, 0.5) is 5.82 Å². The topological polar surface area (TPSA) is 118 Å². The van der Waals surface area contributed by atoms with Gasteiger partial charge < -0.3 is 20.6 Å². The third kappa shape index (κ3) is 2.97. The summed E-state index contributed by atoms with van der Waals surface area (Å²) in [6.07, 6.45) is -0.202. The lowest BCUT2D eigenvalue weighted by molar-refractivity contribution is -0.137. The quantitative estimate of drug-likeness (QED) is 0.621. The normalized spacial score (nSPS) is 9.93. The lowest BCUT2D eigenvalue weighted by Crippen LogP contribution is -2.18. The van der Waals surface area contributed by atoms with Gasteiger partial charge in [0.2, 0.25) is 5.75 Å². The molecule has 4 N–H and O–H groups in total. The summed E-state index contributed by atoms with van der Waals surface area (Å²) in [6.45, 7) is 1.46. The molecule has 1 aromatic heterocycles. The second-order valence-corrected chi connectivity index (χ2v) is 2.86. The van der Waals surface area contributed by atoms with Crippen LogP contribution in [0.25, 0.3) is 0 Å². The van der Waals surface area contributed by atoms with Crippen molar-refractivity contribution in [1.82, 2.24) is 9.97 Å². The maximum atomic E-state index is 11.3. The Morgan fingerprint density at radius 1 is 1.67 bits per heavy atom. The highest BCUT2D eigenvalue weighted by Gasteiger charge is 2.09. The fourth-order valence-corrected chi connectivity index (χ4v) is 0.977. The van der Waals surface area contributed by atoms with Crippen LogP contribution < -0.4 is 16.0 Å². The van der Waals surface area contributed by atoms with Crippen LogP contribution in [0.1, 0.15) is 12.2 Å². The van der Waals surface area contributed by atoms with E-state index in [1.807, 2.05) is 0 Å². The molecule has 7 heteroatoms. The van der Waals surface area contributed by atoms with Gasteiger partial charge in [0.05, 0.1) is 13.0 Å². The fourth-order valence-electron chi connectivity index (χ4n) is 0.977. The summed E-state index contributed by atoms with van der Waals surface area (Å²) in [5.74, 6) is -0.809. The van der Waals surface area contributed by atoms with Crippen LogP contribution in [0.15, 0.2) is 4.79 Å². The van der Waals surface area contributed by atoms with Crippen molar-refractivity contribution in [1.29, 1.82) is 0 Å². The number of carbonyl (C=O) groups is 1. The third-order valence-corrected chi connectivity index (χ3v) is 1.58. The number of carboxylic acids is 1. The number of anilines is 1. The number of rotatable bonds is 4. The first-order chi connectivity index (χ1) is 7.00. The standard InChI is InChI=1S/C8H11N3O4/c1-4-10-7(9)6(8(14)11-4)15-3-2-5(12)13/h2-3H2,1H3,(H,12,13)(H3,9,10,11,14). The van der Waals surface area contributed by atoms with Gasteiger partial charge in [-0.2, -0.15) is 0 Å². The molecule has 7 nitrogen and oxygen atoms in total. The fraction of sp³-hybridized carbons (Fsp3) is 0.375. The van der Waals surface area contributed by atoms with Crippen molar-refractivity contribution in [2.75, 3.05) is 12.3 Å². The van der Waals surface area contributed by atoms with Gasteiger partial charge in [-0.15, -0.1) is 0 Å². The van der Waals surface area contributed by atoms with Crippen LogP contribution in [0.5, 0.6) is 5.75 Å². The van der Waals surface area contributed by atoms with Crippen molar-refractivity contribution >= 4 is 11.8 Å². The molecule has 0 aliphatic heterocycles. The highest BCUT2D eigenvalue weighted by atomic mass is 16.5. The first-order valence-electron chi connectivity index (χ1n) is 4.21. The Hall–Kier alpha value is -2.05. The van der Waals surface area contributed by atoms with Gasteiger partial charge in [-0.25, -0.2) is 4.98 Å². The van der Waals surface area contributed by atoms with Crippen molar-refractivity contribution in [2.45, 2.75) is 13.3 Å². The molecule has 0 atom stereocenters. The van der Waals surface area contributed by atoms with Gasteiger partial charge in [0.1, 0.15) is 5.82 Å². The van der Waals surface area contributed by atoms with Crippen LogP contribution in [0.2, 0.25) is 0 Å². The highest BCUT2D eigenvalue weighted by Crippen LogP contribution is 2.11. The van der Waals surface area contributed by atoms with Gasteiger partial charge in [-0.1, -0.05) is 0 Å². The predicted octanol–water partition coefficient (Wildman–Crippen LogP) is -0.486. The van der Waals surface area contributed by atoms with E-state index in [1.54, 1.807) is 6.92 Å². The summed E-state index contributed by atoms with van der Waals surface area (Å²) < 4.78 is 4.92. The summed E-state index contributed by atoms with van der Waals surface area (Å²) in [6, 6.07) is 0. The van der Waals surface area contributed by atoms with E-state index in [0.29, 0.717) is 5.82 Å². The third-order valence-electron chi connectivity index (χ3n) is 1.58. The van der Waals surface area contributed by atoms with Crippen LogP contribution in [-0.4, -0.2) is 27.7 Å². The highest BCUT2D eigenvalue weighted by molar-refractivity contribution is 5.66. The van der Waals surface area contributed by atoms with E-state index >= 15 is 0 Å². The van der Waals surface area contributed by atoms with Gasteiger partial charge in [-0.05, 0) is 6.92 Å². The number of aromatic amines is 1. The zero-order valence-electron chi connectivity index (χ0n) is 8.11. The molecule has 0 amide bonds. The lowest BCUT2D eigenvalue weighted by Gasteiger charge is -2.05. The Morgan fingerprint density at radius 3 is 2.87 bits per heavy atom. The monoisotopic (exact) mass is 213 g/mol. The Balaban J connectivity index is 2.77. The minimum absolute atomic E-state index is 0.0401. The zero-order chi connectivity index (χ0) is 11.4. The number of nitrogen functional groups attached to an aromatic ring is 1. The molecule has 15 heavy (non-hydrogen) atoms. The summed E-state index contributed by atoms with van der Waals surface area (Å²) in [7, 11) is 0. The molecule has 0 radical (unpaired) electrons. The minimum atomic E-state index is -1.01. The summed E-state index contributed by atoms with van der Waals surface area (Å²) in [5, 5.41) is 8.36. The SMILES string of the molecule is Cc1nc(N)c(OCCC(=O)O)c(=O)[nH]1. The number of hydrogen-bond donors (Lipinski definition) is 3. The molecule has 0 fully saturated rings. The maximum Gasteiger partial charge on any atom is 0.306 e. The molecule has 1 aromatic rings. The molecular weight excluding hydrogens is 202 g/mol. The Morgan fingerprint density at radius 2 is 2.33 bits per heavy atom. The predicted molar refractivity (Wildman–Crippen MR) is 51.8 cm³/mol. The van der Waals surface area contributed by atoms with Gasteiger partial charge in [0, 0.05) is 0 Å². The number of nitrogens with two attached hydrogens (primary N) is 1. The largest absolute Gasteiger partial charge is 0.485 e. The molecule has 0 bridgehead atoms. The van der Waals surface area contributed by atoms with E-state index in [9.17, 15) is 9.59 Å². The second-order valence-electron chi connectivity index (χ2n) is 2.86. The van der Waals surface area contributed by atoms with Crippen molar-refractivity contribution in [2.24, 2.45) is 0 Å². The van der Waals surface area contributed by atoms with Gasteiger partial charge in [0.25, 0.3) is 5.56 Å². The van der Waals surface area contributed by atoms with E-state index in [1.165, 1.54) is 0 Å². The van der Waals surface area contributed by atoms with Crippen LogP contribution in [0, 0.1) is 6.92 Å². The molecule has 0 aliphatic carbocycles. The molecule has 1 heterocycles.